The molecular formula is C15H18N2O8S. The predicted octanol–water partition coefficient (Wildman–Crippen LogP) is 0.210. The maximum atomic E-state index is 12.2. The molecule has 1 saturated heterocycles. The number of nitrogens with one attached hydrogen (secondary N) is 1. The van der Waals surface area contributed by atoms with Crippen LogP contribution in [0.3, 0.4) is 0 Å². The van der Waals surface area contributed by atoms with Gasteiger partial charge in [0.15, 0.2) is 22.2 Å². The fourth-order valence-electron chi connectivity index (χ4n) is 2.64. The largest absolute Gasteiger partial charge is 0.477 e. The lowest BCUT2D eigenvalue weighted by Gasteiger charge is -2.34. The monoisotopic (exact) mass is 386 g/mol. The van der Waals surface area contributed by atoms with E-state index in [4.69, 9.17) is 9.47 Å². The van der Waals surface area contributed by atoms with E-state index >= 15 is 0 Å². The van der Waals surface area contributed by atoms with Gasteiger partial charge < -0.3 is 14.8 Å². The molecule has 1 fully saturated rings. The van der Waals surface area contributed by atoms with Crippen molar-refractivity contribution in [3.63, 3.8) is 0 Å². The number of amides is 1. The lowest BCUT2D eigenvalue weighted by Crippen LogP contribution is -2.59. The van der Waals surface area contributed by atoms with E-state index in [9.17, 15) is 28.1 Å². The van der Waals surface area contributed by atoms with Gasteiger partial charge in [-0.15, -0.1) is 0 Å². The van der Waals surface area contributed by atoms with E-state index in [1.807, 2.05) is 0 Å². The Kier molecular flexibility index (Phi) is 5.80. The maximum absolute atomic E-state index is 12.2. The number of esters is 1. The summed E-state index contributed by atoms with van der Waals surface area (Å²) in [5.74, 6) is -2.06. The Labute approximate surface area is 149 Å². The molecule has 1 aliphatic rings. The van der Waals surface area contributed by atoms with Crippen LogP contribution in [-0.4, -0.2) is 56.0 Å². The zero-order valence-corrected chi connectivity index (χ0v) is 14.8. The normalized spacial score (nSPS) is 17.7. The number of hydrogen-bond acceptors (Lipinski definition) is 8. The van der Waals surface area contributed by atoms with Crippen LogP contribution in [0.4, 0.5) is 5.69 Å². The molecule has 2 rings (SSSR count). The van der Waals surface area contributed by atoms with Crippen molar-refractivity contribution in [2.45, 2.75) is 18.4 Å². The Morgan fingerprint density at radius 3 is 2.46 bits per heavy atom. The summed E-state index contributed by atoms with van der Waals surface area (Å²) in [7, 11) is -2.12. The molecule has 11 heteroatoms. The van der Waals surface area contributed by atoms with Gasteiger partial charge in [-0.1, -0.05) is 12.1 Å². The molecule has 1 aromatic rings. The van der Waals surface area contributed by atoms with Gasteiger partial charge in [-0.05, 0) is 18.9 Å². The lowest BCUT2D eigenvalue weighted by molar-refractivity contribution is -0.385. The van der Waals surface area contributed by atoms with Gasteiger partial charge in [0, 0.05) is 6.07 Å². The first-order valence-corrected chi connectivity index (χ1v) is 9.47. The van der Waals surface area contributed by atoms with Crippen LogP contribution in [0, 0.1) is 10.1 Å². The van der Waals surface area contributed by atoms with Gasteiger partial charge in [-0.2, -0.15) is 0 Å². The number of nitrogens with zero attached hydrogens (tertiary/aromatic N) is 1. The summed E-state index contributed by atoms with van der Waals surface area (Å²) >= 11 is 0. The van der Waals surface area contributed by atoms with Crippen LogP contribution >= 0.6 is 0 Å². The fraction of sp³-hybridized carbons (Fsp3) is 0.467. The van der Waals surface area contributed by atoms with E-state index in [2.05, 4.69) is 5.32 Å². The summed E-state index contributed by atoms with van der Waals surface area (Å²) in [6.45, 7) is -0.573. The quantitative estimate of drug-likeness (QED) is 0.415. The Bertz CT molecular complexity index is 807. The fourth-order valence-corrected chi connectivity index (χ4v) is 4.16. The average molecular weight is 386 g/mol. The van der Waals surface area contributed by atoms with E-state index in [1.54, 1.807) is 0 Å². The highest BCUT2D eigenvalue weighted by Gasteiger charge is 2.45. The number of carbonyl (C=O) groups is 2. The Balaban J connectivity index is 2.07. The molecule has 0 aromatic heterocycles. The zero-order chi connectivity index (χ0) is 19.4. The molecule has 1 aromatic carbocycles. The van der Waals surface area contributed by atoms with Gasteiger partial charge in [0.1, 0.15) is 5.54 Å². The van der Waals surface area contributed by atoms with Crippen LogP contribution in [0.5, 0.6) is 5.75 Å². The molecule has 0 bridgehead atoms. The second-order valence-electron chi connectivity index (χ2n) is 5.79. The van der Waals surface area contributed by atoms with Crippen LogP contribution < -0.4 is 10.1 Å². The topological polar surface area (TPSA) is 142 Å². The molecule has 1 aliphatic heterocycles. The molecular weight excluding hydrogens is 368 g/mol. The van der Waals surface area contributed by atoms with Gasteiger partial charge in [0.2, 0.25) is 0 Å². The van der Waals surface area contributed by atoms with E-state index in [0.717, 1.165) is 7.11 Å². The Morgan fingerprint density at radius 2 is 1.88 bits per heavy atom. The molecule has 0 radical (unpaired) electrons. The summed E-state index contributed by atoms with van der Waals surface area (Å²) in [5.41, 5.74) is -1.75. The minimum absolute atomic E-state index is 0.0917. The summed E-state index contributed by atoms with van der Waals surface area (Å²) in [6.07, 6.45) is -0.224. The standard InChI is InChI=1S/C15H18N2O8S/c1-24-14(19)15(6-8-26(22,23)9-7-15)16-13(18)10-25-12-5-3-2-4-11(12)17(20)21/h2-5H,6-10H2,1H3,(H,16,18). The number of nitro benzene ring substituents is 1. The van der Waals surface area contributed by atoms with Crippen molar-refractivity contribution in [2.75, 3.05) is 25.2 Å². The van der Waals surface area contributed by atoms with Crippen LogP contribution in [0.1, 0.15) is 12.8 Å². The Morgan fingerprint density at radius 1 is 1.27 bits per heavy atom. The number of hydrogen-bond donors (Lipinski definition) is 1. The average Bonchev–Trinajstić information content (AvgIpc) is 2.61. The zero-order valence-electron chi connectivity index (χ0n) is 14.0. The van der Waals surface area contributed by atoms with E-state index in [1.165, 1.54) is 24.3 Å². The molecule has 0 saturated carbocycles. The van der Waals surface area contributed by atoms with Crippen molar-refractivity contribution in [1.82, 2.24) is 5.32 Å². The third kappa shape index (κ3) is 4.48. The third-order valence-corrected chi connectivity index (χ3v) is 5.71. The second kappa shape index (κ2) is 7.68. The molecule has 1 amide bonds. The van der Waals surface area contributed by atoms with Crippen molar-refractivity contribution in [3.05, 3.63) is 34.4 Å². The molecule has 0 aliphatic carbocycles. The van der Waals surface area contributed by atoms with Gasteiger partial charge in [-0.25, -0.2) is 13.2 Å². The predicted molar refractivity (Wildman–Crippen MR) is 89.4 cm³/mol. The van der Waals surface area contributed by atoms with E-state index < -0.39 is 38.8 Å². The number of carbonyl (C=O) groups excluding carboxylic acids is 2. The first-order chi connectivity index (χ1) is 12.2. The summed E-state index contributed by atoms with van der Waals surface area (Å²) in [6, 6.07) is 5.55. The molecule has 0 atom stereocenters. The van der Waals surface area contributed by atoms with Crippen molar-refractivity contribution in [2.24, 2.45) is 0 Å². The highest BCUT2D eigenvalue weighted by atomic mass is 32.2. The number of benzene rings is 1. The molecule has 1 heterocycles. The molecule has 0 unspecified atom stereocenters. The maximum Gasteiger partial charge on any atom is 0.331 e. The molecule has 0 spiro atoms. The van der Waals surface area contributed by atoms with E-state index in [0.29, 0.717) is 0 Å². The van der Waals surface area contributed by atoms with Gasteiger partial charge in [0.25, 0.3) is 5.91 Å². The number of rotatable bonds is 6. The highest BCUT2D eigenvalue weighted by molar-refractivity contribution is 7.91. The van der Waals surface area contributed by atoms with Crippen LogP contribution in [0.25, 0.3) is 0 Å². The first-order valence-electron chi connectivity index (χ1n) is 7.65. The second-order valence-corrected chi connectivity index (χ2v) is 8.09. The number of methoxy groups -OCH3 is 1. The van der Waals surface area contributed by atoms with E-state index in [-0.39, 0.29) is 35.8 Å². The minimum atomic E-state index is -3.27. The van der Waals surface area contributed by atoms with Crippen LogP contribution in [0.2, 0.25) is 0 Å². The van der Waals surface area contributed by atoms with Gasteiger partial charge in [-0.3, -0.25) is 14.9 Å². The van der Waals surface area contributed by atoms with Crippen molar-refractivity contribution >= 4 is 27.4 Å². The number of nitro groups is 1. The first kappa shape index (κ1) is 19.6. The smallest absolute Gasteiger partial charge is 0.331 e. The van der Waals surface area contributed by atoms with Crippen molar-refractivity contribution in [1.29, 1.82) is 0 Å². The van der Waals surface area contributed by atoms with Gasteiger partial charge >= 0.3 is 11.7 Å². The summed E-state index contributed by atoms with van der Waals surface area (Å²) in [5, 5.41) is 13.4. The SMILES string of the molecule is COC(=O)C1(NC(=O)COc2ccccc2[N+](=O)[O-])CCS(=O)(=O)CC1. The van der Waals surface area contributed by atoms with Crippen molar-refractivity contribution < 1.29 is 32.4 Å². The lowest BCUT2D eigenvalue weighted by atomic mass is 9.92. The molecule has 1 N–H and O–H groups in total. The van der Waals surface area contributed by atoms with Gasteiger partial charge in [0.05, 0.1) is 23.5 Å². The van der Waals surface area contributed by atoms with Crippen molar-refractivity contribution in [3.8, 4) is 5.75 Å². The summed E-state index contributed by atoms with van der Waals surface area (Å²) < 4.78 is 33.1. The highest BCUT2D eigenvalue weighted by Crippen LogP contribution is 2.27. The molecule has 142 valence electrons. The molecule has 10 nitrogen and oxygen atoms in total. The number of para-hydroxylation sites is 2. The van der Waals surface area contributed by atoms with Crippen LogP contribution in [-0.2, 0) is 24.2 Å². The summed E-state index contributed by atoms with van der Waals surface area (Å²) in [4.78, 5) is 34.6. The number of sulfone groups is 1. The third-order valence-electron chi connectivity index (χ3n) is 4.06. The number of ether oxygens (including phenoxy) is 2. The minimum Gasteiger partial charge on any atom is -0.477 e. The Hall–Kier alpha value is -2.69. The molecule has 26 heavy (non-hydrogen) atoms. The van der Waals surface area contributed by atoms with Crippen LogP contribution in [0.15, 0.2) is 24.3 Å².